The Balaban J connectivity index is 2.53. The molecule has 1 aromatic rings. The molecule has 0 aliphatic rings. The zero-order valence-electron chi connectivity index (χ0n) is 9.46. The number of aryl methyl sites for hydroxylation is 1. The predicted octanol–water partition coefficient (Wildman–Crippen LogP) is 2.33. The maximum atomic E-state index is 13.4. The van der Waals surface area contributed by atoms with E-state index in [1.807, 2.05) is 0 Å². The lowest BCUT2D eigenvalue weighted by Crippen LogP contribution is -2.09. The highest BCUT2D eigenvalue weighted by molar-refractivity contribution is 5.89. The third-order valence-corrected chi connectivity index (χ3v) is 2.07. The van der Waals surface area contributed by atoms with E-state index in [1.165, 1.54) is 12.1 Å². The first-order valence-corrected chi connectivity index (χ1v) is 5.07. The average Bonchev–Trinajstić information content (AvgIpc) is 2.24. The summed E-state index contributed by atoms with van der Waals surface area (Å²) in [4.78, 5) is 11.4. The Morgan fingerprint density at radius 1 is 1.38 bits per heavy atom. The quantitative estimate of drug-likeness (QED) is 0.571. The minimum absolute atomic E-state index is 0.0250. The van der Waals surface area contributed by atoms with Crippen molar-refractivity contribution in [3.63, 3.8) is 0 Å². The second kappa shape index (κ2) is 6.23. The van der Waals surface area contributed by atoms with Gasteiger partial charge in [0, 0.05) is 20.1 Å². The minimum Gasteiger partial charge on any atom is -0.462 e. The van der Waals surface area contributed by atoms with Gasteiger partial charge < -0.3 is 9.47 Å². The SMILES string of the molecule is COCCCOC(=O)c1ccc(C)cc1F. The number of ether oxygens (including phenoxy) is 2. The summed E-state index contributed by atoms with van der Waals surface area (Å²) < 4.78 is 23.0. The molecule has 3 nitrogen and oxygen atoms in total. The highest BCUT2D eigenvalue weighted by atomic mass is 19.1. The molecule has 1 rings (SSSR count). The van der Waals surface area contributed by atoms with Crippen molar-refractivity contribution in [1.29, 1.82) is 0 Å². The molecule has 0 aromatic heterocycles. The van der Waals surface area contributed by atoms with E-state index < -0.39 is 11.8 Å². The van der Waals surface area contributed by atoms with Gasteiger partial charge in [-0.1, -0.05) is 6.07 Å². The van der Waals surface area contributed by atoms with Crippen LogP contribution in [-0.4, -0.2) is 26.3 Å². The summed E-state index contributed by atoms with van der Waals surface area (Å²) in [5, 5.41) is 0. The lowest BCUT2D eigenvalue weighted by atomic mass is 10.1. The highest BCUT2D eigenvalue weighted by Crippen LogP contribution is 2.11. The molecule has 0 spiro atoms. The lowest BCUT2D eigenvalue weighted by Gasteiger charge is -2.05. The number of rotatable bonds is 5. The summed E-state index contributed by atoms with van der Waals surface area (Å²) in [6, 6.07) is 4.42. The standard InChI is InChI=1S/C12H15FO3/c1-9-4-5-10(11(13)8-9)12(14)16-7-3-6-15-2/h4-5,8H,3,6-7H2,1-2H3. The summed E-state index contributed by atoms with van der Waals surface area (Å²) in [5.74, 6) is -1.18. The van der Waals surface area contributed by atoms with Gasteiger partial charge in [-0.05, 0) is 24.6 Å². The minimum atomic E-state index is -0.631. The van der Waals surface area contributed by atoms with Crippen molar-refractivity contribution in [2.24, 2.45) is 0 Å². The molecule has 0 unspecified atom stereocenters. The molecule has 0 N–H and O–H groups in total. The first-order chi connectivity index (χ1) is 7.65. The van der Waals surface area contributed by atoms with Crippen LogP contribution in [0.25, 0.3) is 0 Å². The topological polar surface area (TPSA) is 35.5 Å². The second-order valence-electron chi connectivity index (χ2n) is 3.47. The normalized spacial score (nSPS) is 10.2. The number of halogens is 1. The van der Waals surface area contributed by atoms with E-state index in [9.17, 15) is 9.18 Å². The van der Waals surface area contributed by atoms with Crippen LogP contribution in [0.3, 0.4) is 0 Å². The van der Waals surface area contributed by atoms with Crippen molar-refractivity contribution in [3.8, 4) is 0 Å². The van der Waals surface area contributed by atoms with Gasteiger partial charge in [-0.3, -0.25) is 0 Å². The average molecular weight is 226 g/mol. The van der Waals surface area contributed by atoms with Crippen molar-refractivity contribution < 1.29 is 18.7 Å². The molecule has 0 aliphatic heterocycles. The van der Waals surface area contributed by atoms with E-state index in [0.29, 0.717) is 13.0 Å². The first-order valence-electron chi connectivity index (χ1n) is 5.07. The van der Waals surface area contributed by atoms with Crippen molar-refractivity contribution >= 4 is 5.97 Å². The van der Waals surface area contributed by atoms with E-state index >= 15 is 0 Å². The summed E-state index contributed by atoms with van der Waals surface area (Å²) in [6.07, 6.45) is 0.607. The van der Waals surface area contributed by atoms with E-state index in [0.717, 1.165) is 5.56 Å². The second-order valence-corrected chi connectivity index (χ2v) is 3.47. The van der Waals surface area contributed by atoms with Crippen LogP contribution in [0.15, 0.2) is 18.2 Å². The van der Waals surface area contributed by atoms with Crippen LogP contribution >= 0.6 is 0 Å². The van der Waals surface area contributed by atoms with Crippen LogP contribution in [0.2, 0.25) is 0 Å². The molecule has 0 bridgehead atoms. The molecule has 4 heteroatoms. The summed E-state index contributed by atoms with van der Waals surface area (Å²) in [5.41, 5.74) is 0.747. The molecule has 1 aromatic carbocycles. The van der Waals surface area contributed by atoms with E-state index in [4.69, 9.17) is 9.47 Å². The maximum Gasteiger partial charge on any atom is 0.341 e. The molecule has 0 heterocycles. The summed E-state index contributed by atoms with van der Waals surface area (Å²) >= 11 is 0. The predicted molar refractivity (Wildman–Crippen MR) is 57.9 cm³/mol. The van der Waals surface area contributed by atoms with Crippen LogP contribution in [0, 0.1) is 12.7 Å². The van der Waals surface area contributed by atoms with Gasteiger partial charge >= 0.3 is 5.97 Å². The van der Waals surface area contributed by atoms with Gasteiger partial charge in [0.25, 0.3) is 0 Å². The van der Waals surface area contributed by atoms with Crippen molar-refractivity contribution in [2.45, 2.75) is 13.3 Å². The van der Waals surface area contributed by atoms with E-state index in [2.05, 4.69) is 0 Å². The van der Waals surface area contributed by atoms with Crippen molar-refractivity contribution in [3.05, 3.63) is 35.1 Å². The smallest absolute Gasteiger partial charge is 0.341 e. The Hall–Kier alpha value is -1.42. The number of methoxy groups -OCH3 is 1. The molecule has 88 valence electrons. The Labute approximate surface area is 94.2 Å². The molecule has 0 radical (unpaired) electrons. The molecule has 16 heavy (non-hydrogen) atoms. The zero-order valence-corrected chi connectivity index (χ0v) is 9.46. The molecule has 0 saturated carbocycles. The zero-order chi connectivity index (χ0) is 12.0. The number of hydrogen-bond acceptors (Lipinski definition) is 3. The van der Waals surface area contributed by atoms with Crippen LogP contribution in [0.1, 0.15) is 22.3 Å². The maximum absolute atomic E-state index is 13.4. The first kappa shape index (κ1) is 12.6. The summed E-state index contributed by atoms with van der Waals surface area (Å²) in [6.45, 7) is 2.51. The van der Waals surface area contributed by atoms with Gasteiger partial charge in [0.2, 0.25) is 0 Å². The molecule has 0 atom stereocenters. The van der Waals surface area contributed by atoms with Crippen LogP contribution in [0.5, 0.6) is 0 Å². The number of benzene rings is 1. The van der Waals surface area contributed by atoms with E-state index in [1.54, 1.807) is 20.1 Å². The molecule has 0 fully saturated rings. The fourth-order valence-corrected chi connectivity index (χ4v) is 1.23. The van der Waals surface area contributed by atoms with Gasteiger partial charge in [0.15, 0.2) is 0 Å². The third kappa shape index (κ3) is 3.62. The Morgan fingerprint density at radius 3 is 2.75 bits per heavy atom. The molecular weight excluding hydrogens is 211 g/mol. The van der Waals surface area contributed by atoms with Crippen LogP contribution < -0.4 is 0 Å². The Kier molecular flexibility index (Phi) is 4.92. The molecule has 0 saturated heterocycles. The highest BCUT2D eigenvalue weighted by Gasteiger charge is 2.12. The number of carbonyl (C=O) groups is 1. The van der Waals surface area contributed by atoms with Crippen molar-refractivity contribution in [2.75, 3.05) is 20.3 Å². The van der Waals surface area contributed by atoms with Crippen LogP contribution in [0.4, 0.5) is 4.39 Å². The monoisotopic (exact) mass is 226 g/mol. The van der Waals surface area contributed by atoms with Crippen LogP contribution in [-0.2, 0) is 9.47 Å². The van der Waals surface area contributed by atoms with Crippen molar-refractivity contribution in [1.82, 2.24) is 0 Å². The molecule has 0 aliphatic carbocycles. The fraction of sp³-hybridized carbons (Fsp3) is 0.417. The van der Waals surface area contributed by atoms with Gasteiger partial charge in [-0.15, -0.1) is 0 Å². The molecular formula is C12H15FO3. The number of carbonyl (C=O) groups excluding carboxylic acids is 1. The fourth-order valence-electron chi connectivity index (χ4n) is 1.23. The largest absolute Gasteiger partial charge is 0.462 e. The van der Waals surface area contributed by atoms with Gasteiger partial charge in [0.05, 0.1) is 12.2 Å². The number of esters is 1. The van der Waals surface area contributed by atoms with Gasteiger partial charge in [0.1, 0.15) is 5.82 Å². The lowest BCUT2D eigenvalue weighted by molar-refractivity contribution is 0.0463. The van der Waals surface area contributed by atoms with Gasteiger partial charge in [-0.2, -0.15) is 0 Å². The summed E-state index contributed by atoms with van der Waals surface area (Å²) in [7, 11) is 1.57. The third-order valence-electron chi connectivity index (χ3n) is 2.07. The van der Waals surface area contributed by atoms with Gasteiger partial charge in [-0.25, -0.2) is 9.18 Å². The molecule has 0 amide bonds. The van der Waals surface area contributed by atoms with E-state index in [-0.39, 0.29) is 12.2 Å². The Morgan fingerprint density at radius 2 is 2.12 bits per heavy atom. The number of hydrogen-bond donors (Lipinski definition) is 0. The Bertz CT molecular complexity index is 363.